The zero-order chi connectivity index (χ0) is 27.4. The van der Waals surface area contributed by atoms with Crippen LogP contribution < -0.4 is 10.5 Å². The lowest BCUT2D eigenvalue weighted by molar-refractivity contribution is -0.130. The SMILES string of the molecule is CC(=O)N1CCN(c2ccc3ncn(CC(=O)CC(CC(=O)N(C)C)c4ccc(Cl)cc4)c(=O)c3c2)CC1. The smallest absolute Gasteiger partial charge is 0.261 e. The Labute approximate surface area is 226 Å². The number of ketones is 1. The number of rotatable bonds is 8. The van der Waals surface area contributed by atoms with Crippen molar-refractivity contribution in [1.82, 2.24) is 19.4 Å². The van der Waals surface area contributed by atoms with Gasteiger partial charge in [-0.3, -0.25) is 23.7 Å². The average molecular weight is 538 g/mol. The molecule has 1 saturated heterocycles. The highest BCUT2D eigenvalue weighted by Gasteiger charge is 2.22. The van der Waals surface area contributed by atoms with Gasteiger partial charge < -0.3 is 14.7 Å². The van der Waals surface area contributed by atoms with Crippen molar-refractivity contribution in [2.75, 3.05) is 45.2 Å². The Balaban J connectivity index is 1.52. The van der Waals surface area contributed by atoms with Gasteiger partial charge in [-0.05, 0) is 41.8 Å². The highest BCUT2D eigenvalue weighted by molar-refractivity contribution is 6.30. The van der Waals surface area contributed by atoms with E-state index in [1.165, 1.54) is 15.8 Å². The first-order valence-corrected chi connectivity index (χ1v) is 13.0. The highest BCUT2D eigenvalue weighted by Crippen LogP contribution is 2.26. The van der Waals surface area contributed by atoms with Crippen molar-refractivity contribution in [2.24, 2.45) is 0 Å². The predicted octanol–water partition coefficient (Wildman–Crippen LogP) is 2.94. The van der Waals surface area contributed by atoms with Crippen LogP contribution in [0.4, 0.5) is 5.69 Å². The van der Waals surface area contributed by atoms with Gasteiger partial charge in [-0.2, -0.15) is 0 Å². The Morgan fingerprint density at radius 2 is 1.68 bits per heavy atom. The fourth-order valence-corrected chi connectivity index (χ4v) is 4.83. The normalized spacial score (nSPS) is 14.4. The molecular weight excluding hydrogens is 506 g/mol. The van der Waals surface area contributed by atoms with Crippen LogP contribution in [0.1, 0.15) is 31.2 Å². The molecule has 1 atom stereocenters. The maximum atomic E-state index is 13.3. The van der Waals surface area contributed by atoms with Gasteiger partial charge in [0.1, 0.15) is 0 Å². The molecule has 4 rings (SSSR count). The molecule has 0 aliphatic carbocycles. The molecule has 1 unspecified atom stereocenters. The van der Waals surface area contributed by atoms with E-state index < -0.39 is 0 Å². The number of anilines is 1. The summed E-state index contributed by atoms with van der Waals surface area (Å²) in [7, 11) is 3.36. The molecule has 0 spiro atoms. The standard InChI is InChI=1S/C28H32ClN5O4/c1-19(35)32-10-12-33(13-11-32)23-8-9-26-25(16-23)28(38)34(18-30-26)17-24(36)14-21(15-27(37)31(2)3)20-4-6-22(29)7-5-20/h4-9,16,18,21H,10-15,17H2,1-3H3. The Morgan fingerprint density at radius 3 is 2.32 bits per heavy atom. The molecule has 10 heteroatoms. The molecular formula is C28H32ClN5O4. The molecule has 0 bridgehead atoms. The number of benzene rings is 2. The minimum Gasteiger partial charge on any atom is -0.368 e. The lowest BCUT2D eigenvalue weighted by atomic mass is 9.90. The number of aromatic nitrogens is 2. The molecule has 1 aliphatic rings. The molecule has 1 aromatic heterocycles. The summed E-state index contributed by atoms with van der Waals surface area (Å²) in [6.07, 6.45) is 1.67. The Kier molecular flexibility index (Phi) is 8.46. The molecule has 2 aromatic carbocycles. The largest absolute Gasteiger partial charge is 0.368 e. The van der Waals surface area contributed by atoms with Gasteiger partial charge in [0, 0.05) is 70.7 Å². The number of hydrogen-bond acceptors (Lipinski definition) is 6. The van der Waals surface area contributed by atoms with Crippen LogP contribution in [0.5, 0.6) is 0 Å². The zero-order valence-corrected chi connectivity index (χ0v) is 22.6. The third-order valence-corrected chi connectivity index (χ3v) is 7.23. The van der Waals surface area contributed by atoms with Crippen molar-refractivity contribution in [3.63, 3.8) is 0 Å². The number of halogens is 1. The second-order valence-electron chi connectivity index (χ2n) is 9.86. The summed E-state index contributed by atoms with van der Waals surface area (Å²) in [6.45, 7) is 4.04. The van der Waals surface area contributed by atoms with Crippen LogP contribution in [0.15, 0.2) is 53.6 Å². The Hall–Kier alpha value is -3.72. The second kappa shape index (κ2) is 11.8. The molecule has 0 saturated carbocycles. The zero-order valence-electron chi connectivity index (χ0n) is 21.9. The van der Waals surface area contributed by atoms with E-state index in [4.69, 9.17) is 11.6 Å². The number of hydrogen-bond donors (Lipinski definition) is 0. The van der Waals surface area contributed by atoms with Crippen molar-refractivity contribution >= 4 is 45.8 Å². The van der Waals surface area contributed by atoms with E-state index in [1.807, 2.05) is 18.2 Å². The van der Waals surface area contributed by atoms with Gasteiger partial charge in [0.05, 0.1) is 23.8 Å². The van der Waals surface area contributed by atoms with Crippen LogP contribution in [0.2, 0.25) is 5.02 Å². The van der Waals surface area contributed by atoms with E-state index >= 15 is 0 Å². The van der Waals surface area contributed by atoms with Crippen LogP contribution in [-0.2, 0) is 20.9 Å². The Morgan fingerprint density at radius 1 is 1.00 bits per heavy atom. The number of nitrogens with zero attached hydrogens (tertiary/aromatic N) is 5. The van der Waals surface area contributed by atoms with Crippen molar-refractivity contribution in [3.05, 3.63) is 69.7 Å². The van der Waals surface area contributed by atoms with Crippen LogP contribution >= 0.6 is 11.6 Å². The van der Waals surface area contributed by atoms with Gasteiger partial charge >= 0.3 is 0 Å². The third kappa shape index (κ3) is 6.39. The van der Waals surface area contributed by atoms with E-state index in [0.29, 0.717) is 42.1 Å². The van der Waals surface area contributed by atoms with Gasteiger partial charge in [0.2, 0.25) is 11.8 Å². The molecule has 3 aromatic rings. The molecule has 0 N–H and O–H groups in total. The number of fused-ring (bicyclic) bond motifs is 1. The van der Waals surface area contributed by atoms with Crippen LogP contribution in [0.3, 0.4) is 0 Å². The van der Waals surface area contributed by atoms with Crippen LogP contribution in [0, 0.1) is 0 Å². The van der Waals surface area contributed by atoms with Gasteiger partial charge in [-0.1, -0.05) is 23.7 Å². The van der Waals surface area contributed by atoms with Gasteiger partial charge in [0.15, 0.2) is 5.78 Å². The number of amides is 2. The summed E-state index contributed by atoms with van der Waals surface area (Å²) < 4.78 is 1.33. The average Bonchev–Trinajstić information content (AvgIpc) is 2.90. The second-order valence-corrected chi connectivity index (χ2v) is 10.3. The van der Waals surface area contributed by atoms with Crippen molar-refractivity contribution in [2.45, 2.75) is 32.2 Å². The van der Waals surface area contributed by atoms with Crippen molar-refractivity contribution in [1.29, 1.82) is 0 Å². The molecule has 1 aliphatic heterocycles. The summed E-state index contributed by atoms with van der Waals surface area (Å²) in [5.74, 6) is -0.529. The summed E-state index contributed by atoms with van der Waals surface area (Å²) in [4.78, 5) is 60.4. The maximum absolute atomic E-state index is 13.3. The van der Waals surface area contributed by atoms with E-state index in [-0.39, 0.29) is 48.5 Å². The first-order chi connectivity index (χ1) is 18.1. The summed E-state index contributed by atoms with van der Waals surface area (Å²) in [5.41, 5.74) is 1.99. The molecule has 38 heavy (non-hydrogen) atoms. The summed E-state index contributed by atoms with van der Waals surface area (Å²) in [5, 5.41) is 1.01. The predicted molar refractivity (Wildman–Crippen MR) is 148 cm³/mol. The minimum absolute atomic E-state index is 0.0595. The topological polar surface area (TPSA) is 95.8 Å². The van der Waals surface area contributed by atoms with E-state index in [9.17, 15) is 19.2 Å². The van der Waals surface area contributed by atoms with E-state index in [2.05, 4.69) is 9.88 Å². The molecule has 9 nitrogen and oxygen atoms in total. The lowest BCUT2D eigenvalue weighted by Crippen LogP contribution is -2.48. The molecule has 1 fully saturated rings. The number of Topliss-reactive ketones (excluding diaryl/α,β-unsaturated/α-hetero) is 1. The minimum atomic E-state index is -0.334. The van der Waals surface area contributed by atoms with Gasteiger partial charge in [0.25, 0.3) is 5.56 Å². The van der Waals surface area contributed by atoms with Crippen LogP contribution in [0.25, 0.3) is 10.9 Å². The molecule has 0 radical (unpaired) electrons. The highest BCUT2D eigenvalue weighted by atomic mass is 35.5. The number of piperazine rings is 1. The Bertz CT molecular complexity index is 1390. The van der Waals surface area contributed by atoms with Crippen molar-refractivity contribution < 1.29 is 14.4 Å². The maximum Gasteiger partial charge on any atom is 0.261 e. The fraction of sp³-hybridized carbons (Fsp3) is 0.393. The quantitative estimate of drug-likeness (QED) is 0.438. The number of carbonyl (C=O) groups excluding carboxylic acids is 3. The molecule has 200 valence electrons. The van der Waals surface area contributed by atoms with Crippen LogP contribution in [-0.4, -0.2) is 77.2 Å². The monoisotopic (exact) mass is 537 g/mol. The van der Waals surface area contributed by atoms with Gasteiger partial charge in [-0.25, -0.2) is 4.98 Å². The number of carbonyl (C=O) groups is 3. The first kappa shape index (κ1) is 27.3. The van der Waals surface area contributed by atoms with Gasteiger partial charge in [-0.15, -0.1) is 0 Å². The lowest BCUT2D eigenvalue weighted by Gasteiger charge is -2.35. The van der Waals surface area contributed by atoms with E-state index in [1.54, 1.807) is 50.2 Å². The van der Waals surface area contributed by atoms with Crippen molar-refractivity contribution in [3.8, 4) is 0 Å². The molecule has 2 amide bonds. The third-order valence-electron chi connectivity index (χ3n) is 6.98. The summed E-state index contributed by atoms with van der Waals surface area (Å²) >= 11 is 6.02. The van der Waals surface area contributed by atoms with E-state index in [0.717, 1.165) is 11.3 Å². The fourth-order valence-electron chi connectivity index (χ4n) is 4.70. The summed E-state index contributed by atoms with van der Waals surface area (Å²) in [6, 6.07) is 12.7. The first-order valence-electron chi connectivity index (χ1n) is 12.6. The molecule has 2 heterocycles.